The molecule has 27 heavy (non-hydrogen) atoms. The van der Waals surface area contributed by atoms with E-state index in [4.69, 9.17) is 0 Å². The molecule has 12 heteroatoms. The number of halogens is 6. The number of hydrogen-bond donors (Lipinski definition) is 0. The largest absolute Gasteiger partial charge is 0.340 e. The Hall–Kier alpha value is 1.29. The van der Waals surface area contributed by atoms with E-state index < -0.39 is 27.1 Å². The van der Waals surface area contributed by atoms with Gasteiger partial charge in [-0.25, -0.2) is 28.1 Å². The molecule has 0 saturated carbocycles. The van der Waals surface area contributed by atoms with Gasteiger partial charge in [-0.05, 0) is 115 Å². The molecule has 0 amide bonds. The average molecular weight is 771 g/mol. The van der Waals surface area contributed by atoms with Gasteiger partial charge in [0.2, 0.25) is 0 Å². The number of aromatic nitrogens is 3. The molecule has 0 N–H and O–H groups in total. The first kappa shape index (κ1) is 26.3. The molecule has 0 aromatic carbocycles. The van der Waals surface area contributed by atoms with Crippen molar-refractivity contribution < 1.29 is 0 Å². The lowest BCUT2D eigenvalue weighted by Crippen LogP contribution is -2.62. The molecule has 0 atom stereocenters. The van der Waals surface area contributed by atoms with Crippen molar-refractivity contribution in [3.8, 4) is 0 Å². The topological polar surface area (TPSA) is 66.0 Å². The van der Waals surface area contributed by atoms with Crippen LogP contribution in [0.1, 0.15) is 59.3 Å². The van der Waals surface area contributed by atoms with Crippen molar-refractivity contribution in [2.24, 2.45) is 0 Å². The quantitative estimate of drug-likeness (QED) is 0.300. The first-order valence-corrected chi connectivity index (χ1v) is 13.2. The molecule has 6 nitrogen and oxygen atoms in total. The second-order valence-electron chi connectivity index (χ2n) is 6.10. The van der Waals surface area contributed by atoms with E-state index in [9.17, 15) is 14.4 Å². The van der Waals surface area contributed by atoms with Crippen LogP contribution in [-0.2, 0) is 10.1 Å². The molecule has 0 spiro atoms. The Bertz CT molecular complexity index is 701. The standard InChI is InChI=1S/C15H21Br6N3O3/c1-4-7-13(16,17)22-10(25)23(14(18,19)8-5-2)12(27)24(11(22)26)15(20,21)9-6-3/h4-9H2,1-3H3. The molecule has 0 aliphatic carbocycles. The molecule has 0 aliphatic heterocycles. The van der Waals surface area contributed by atoms with Crippen molar-refractivity contribution in [1.82, 2.24) is 13.7 Å². The maximum Gasteiger partial charge on any atom is 0.340 e. The van der Waals surface area contributed by atoms with Crippen LogP contribution < -0.4 is 17.1 Å². The van der Waals surface area contributed by atoms with Crippen molar-refractivity contribution in [1.29, 1.82) is 0 Å². The molecular weight excluding hydrogens is 750 g/mol. The van der Waals surface area contributed by atoms with Crippen LogP contribution in [0.4, 0.5) is 0 Å². The zero-order valence-corrected chi connectivity index (χ0v) is 24.6. The van der Waals surface area contributed by atoms with E-state index in [2.05, 4.69) is 95.6 Å². The van der Waals surface area contributed by atoms with Crippen LogP contribution in [-0.4, -0.2) is 13.7 Å². The minimum Gasteiger partial charge on any atom is -0.247 e. The Balaban J connectivity index is 4.12. The third-order valence-electron chi connectivity index (χ3n) is 3.78. The fraction of sp³-hybridized carbons (Fsp3) is 0.800. The normalized spacial score (nSPS) is 13.2. The zero-order valence-electron chi connectivity index (χ0n) is 15.1. The number of nitrogens with zero attached hydrogens (tertiary/aromatic N) is 3. The number of rotatable bonds is 9. The number of hydrogen-bond acceptors (Lipinski definition) is 3. The molecule has 1 aromatic heterocycles. The van der Waals surface area contributed by atoms with Crippen molar-refractivity contribution in [3.05, 3.63) is 31.5 Å². The van der Waals surface area contributed by atoms with Gasteiger partial charge in [-0.15, -0.1) is 0 Å². The summed E-state index contributed by atoms with van der Waals surface area (Å²) in [5, 5.41) is 0. The van der Waals surface area contributed by atoms with E-state index >= 15 is 0 Å². The molecule has 156 valence electrons. The summed E-state index contributed by atoms with van der Waals surface area (Å²) in [6, 6.07) is 0. The Morgan fingerprint density at radius 2 is 0.741 bits per heavy atom. The van der Waals surface area contributed by atoms with Gasteiger partial charge in [0.25, 0.3) is 0 Å². The van der Waals surface area contributed by atoms with E-state index in [0.29, 0.717) is 38.5 Å². The summed E-state index contributed by atoms with van der Waals surface area (Å²) in [5.74, 6) is 0. The van der Waals surface area contributed by atoms with Crippen LogP contribution in [0.5, 0.6) is 0 Å². The van der Waals surface area contributed by atoms with Crippen LogP contribution in [0, 0.1) is 0 Å². The average Bonchev–Trinajstić information content (AvgIpc) is 2.44. The van der Waals surface area contributed by atoms with E-state index in [0.717, 1.165) is 13.7 Å². The Morgan fingerprint density at radius 1 is 0.556 bits per heavy atom. The van der Waals surface area contributed by atoms with Crippen LogP contribution in [0.25, 0.3) is 0 Å². The lowest BCUT2D eigenvalue weighted by molar-refractivity contribution is 0.389. The van der Waals surface area contributed by atoms with Gasteiger partial charge in [-0.2, -0.15) is 0 Å². The summed E-state index contributed by atoms with van der Waals surface area (Å²) in [4.78, 5) is 39.8. The van der Waals surface area contributed by atoms with Gasteiger partial charge in [-0.1, -0.05) is 40.0 Å². The third-order valence-corrected chi connectivity index (χ3v) is 8.29. The predicted octanol–water partition coefficient (Wildman–Crippen LogP) is 5.77. The molecule has 1 aromatic rings. The van der Waals surface area contributed by atoms with E-state index in [-0.39, 0.29) is 0 Å². The van der Waals surface area contributed by atoms with Gasteiger partial charge < -0.3 is 0 Å². The fourth-order valence-corrected chi connectivity index (χ4v) is 6.82. The van der Waals surface area contributed by atoms with Gasteiger partial charge in [0.05, 0.1) is 0 Å². The van der Waals surface area contributed by atoms with Crippen LogP contribution >= 0.6 is 95.6 Å². The van der Waals surface area contributed by atoms with Crippen LogP contribution in [0.2, 0.25) is 0 Å². The highest BCUT2D eigenvalue weighted by molar-refractivity contribution is 9.25. The van der Waals surface area contributed by atoms with Crippen molar-refractivity contribution >= 4 is 95.6 Å². The summed E-state index contributed by atoms with van der Waals surface area (Å²) < 4.78 is -0.284. The van der Waals surface area contributed by atoms with Gasteiger partial charge in [-0.3, -0.25) is 0 Å². The summed E-state index contributed by atoms with van der Waals surface area (Å²) in [7, 11) is 0. The number of alkyl halides is 6. The highest BCUT2D eigenvalue weighted by Gasteiger charge is 2.40. The van der Waals surface area contributed by atoms with Crippen LogP contribution in [0.3, 0.4) is 0 Å². The zero-order chi connectivity index (χ0) is 21.2. The monoisotopic (exact) mass is 765 g/mol. The van der Waals surface area contributed by atoms with Crippen molar-refractivity contribution in [3.63, 3.8) is 0 Å². The van der Waals surface area contributed by atoms with Crippen molar-refractivity contribution in [2.75, 3.05) is 0 Å². The van der Waals surface area contributed by atoms with Gasteiger partial charge in [0, 0.05) is 0 Å². The van der Waals surface area contributed by atoms with Gasteiger partial charge in [0.1, 0.15) is 0 Å². The predicted molar refractivity (Wildman–Crippen MR) is 131 cm³/mol. The third kappa shape index (κ3) is 5.71. The highest BCUT2D eigenvalue weighted by Crippen LogP contribution is 2.39. The maximum absolute atomic E-state index is 13.3. The van der Waals surface area contributed by atoms with Crippen LogP contribution in [0.15, 0.2) is 14.4 Å². The smallest absolute Gasteiger partial charge is 0.247 e. The second-order valence-corrected chi connectivity index (χ2v) is 17.2. The molecule has 0 bridgehead atoms. The molecular formula is C15H21Br6N3O3. The molecule has 0 unspecified atom stereocenters. The molecule has 1 heterocycles. The Morgan fingerprint density at radius 3 is 0.889 bits per heavy atom. The van der Waals surface area contributed by atoms with E-state index in [1.165, 1.54) is 0 Å². The first-order chi connectivity index (χ1) is 12.3. The van der Waals surface area contributed by atoms with Gasteiger partial charge >= 0.3 is 17.1 Å². The molecule has 0 aliphatic rings. The van der Waals surface area contributed by atoms with E-state index in [1.807, 2.05) is 20.8 Å². The summed E-state index contributed by atoms with van der Waals surface area (Å²) >= 11 is 20.7. The summed E-state index contributed by atoms with van der Waals surface area (Å²) in [6.07, 6.45) is 3.47. The lowest BCUT2D eigenvalue weighted by atomic mass is 10.3. The molecule has 0 saturated heterocycles. The first-order valence-electron chi connectivity index (χ1n) is 8.44. The Kier molecular flexibility index (Phi) is 9.81. The molecule has 0 radical (unpaired) electrons. The SMILES string of the molecule is CCCC(Br)(Br)n1c(=O)n(C(Br)(Br)CCC)c(=O)n(C(Br)(Br)CCC)c1=O. The van der Waals surface area contributed by atoms with Gasteiger partial charge in [0.15, 0.2) is 10.1 Å². The second kappa shape index (κ2) is 10.1. The minimum atomic E-state index is -1.12. The summed E-state index contributed by atoms with van der Waals surface area (Å²) in [6.45, 7) is 5.80. The van der Waals surface area contributed by atoms with Crippen molar-refractivity contribution in [2.45, 2.75) is 69.4 Å². The molecule has 1 rings (SSSR count). The fourth-order valence-electron chi connectivity index (χ4n) is 2.62. The summed E-state index contributed by atoms with van der Waals surface area (Å²) in [5.41, 5.74) is -2.17. The molecule has 0 fully saturated rings. The van der Waals surface area contributed by atoms with E-state index in [1.54, 1.807) is 0 Å². The minimum absolute atomic E-state index is 0.455. The highest BCUT2D eigenvalue weighted by atomic mass is 79.9. The maximum atomic E-state index is 13.3. The Labute approximate surface area is 208 Å². The lowest BCUT2D eigenvalue weighted by Gasteiger charge is -2.31.